The molecule has 0 amide bonds. The summed E-state index contributed by atoms with van der Waals surface area (Å²) in [6.07, 6.45) is 6.74. The Bertz CT molecular complexity index is 887. The minimum atomic E-state index is -0.232. The Balaban J connectivity index is 1.43. The molecule has 0 saturated carbocycles. The van der Waals surface area contributed by atoms with Gasteiger partial charge in [-0.2, -0.15) is 0 Å². The largest absolute Gasteiger partial charge is 0.341 e. The van der Waals surface area contributed by atoms with Crippen LogP contribution < -0.4 is 0 Å². The zero-order valence-corrected chi connectivity index (χ0v) is 14.9. The van der Waals surface area contributed by atoms with Gasteiger partial charge < -0.3 is 4.98 Å². The monoisotopic (exact) mass is 351 g/mol. The maximum absolute atomic E-state index is 13.1. The average Bonchev–Trinajstić information content (AvgIpc) is 3.11. The number of rotatable bonds is 5. The van der Waals surface area contributed by atoms with Gasteiger partial charge in [0, 0.05) is 43.4 Å². The van der Waals surface area contributed by atoms with Gasteiger partial charge in [-0.05, 0) is 36.2 Å². The second-order valence-corrected chi connectivity index (χ2v) is 6.72. The van der Waals surface area contributed by atoms with Crippen molar-refractivity contribution in [3.63, 3.8) is 0 Å². The number of aryl methyl sites for hydroxylation is 1. The fourth-order valence-corrected chi connectivity index (χ4v) is 3.33. The van der Waals surface area contributed by atoms with Crippen LogP contribution in [0.2, 0.25) is 0 Å². The van der Waals surface area contributed by atoms with Crippen LogP contribution in [0.4, 0.5) is 4.39 Å². The molecule has 26 heavy (non-hydrogen) atoms. The lowest BCUT2D eigenvalue weighted by Gasteiger charge is -2.27. The van der Waals surface area contributed by atoms with Crippen LogP contribution in [0.25, 0.3) is 11.3 Å². The van der Waals surface area contributed by atoms with Crippen molar-refractivity contribution in [3.8, 4) is 11.3 Å². The second-order valence-electron chi connectivity index (χ2n) is 6.72. The van der Waals surface area contributed by atoms with E-state index in [2.05, 4.69) is 26.8 Å². The quantitative estimate of drug-likeness (QED) is 0.764. The van der Waals surface area contributed by atoms with Gasteiger partial charge in [-0.1, -0.05) is 6.92 Å². The predicted octanol–water partition coefficient (Wildman–Crippen LogP) is 3.52. The molecule has 1 aliphatic rings. The van der Waals surface area contributed by atoms with Crippen LogP contribution in [0.15, 0.2) is 36.7 Å². The third-order valence-electron chi connectivity index (χ3n) is 4.69. The number of benzene rings is 1. The molecule has 1 N–H and O–H groups in total. The number of nitrogens with zero attached hydrogens (tertiary/aromatic N) is 4. The Labute approximate surface area is 152 Å². The van der Waals surface area contributed by atoms with E-state index in [4.69, 9.17) is 4.98 Å². The van der Waals surface area contributed by atoms with Crippen LogP contribution in [0, 0.1) is 5.82 Å². The first-order valence-electron chi connectivity index (χ1n) is 9.07. The maximum atomic E-state index is 13.1. The topological polar surface area (TPSA) is 57.7 Å². The standard InChI is InChI=1S/C20H22FN5/c1-2-3-19-22-10-15-12-26(9-8-17(15)24-19)13-20-23-11-18(25-20)14-4-6-16(21)7-5-14/h4-7,10-11H,2-3,8-9,12-13H2,1H3,(H,23,25). The average molecular weight is 351 g/mol. The van der Waals surface area contributed by atoms with Crippen molar-refractivity contribution < 1.29 is 4.39 Å². The lowest BCUT2D eigenvalue weighted by atomic mass is 10.1. The zero-order valence-electron chi connectivity index (χ0n) is 14.9. The summed E-state index contributed by atoms with van der Waals surface area (Å²) in [5.41, 5.74) is 4.24. The van der Waals surface area contributed by atoms with Crippen LogP contribution in [-0.2, 0) is 25.9 Å². The van der Waals surface area contributed by atoms with Crippen molar-refractivity contribution in [3.05, 3.63) is 65.4 Å². The van der Waals surface area contributed by atoms with Crippen LogP contribution in [-0.4, -0.2) is 31.4 Å². The molecule has 0 bridgehead atoms. The first-order valence-corrected chi connectivity index (χ1v) is 9.07. The molecular weight excluding hydrogens is 329 g/mol. The number of aromatic amines is 1. The van der Waals surface area contributed by atoms with E-state index in [9.17, 15) is 4.39 Å². The minimum Gasteiger partial charge on any atom is -0.341 e. The number of halogens is 1. The molecule has 134 valence electrons. The van der Waals surface area contributed by atoms with Crippen LogP contribution in [0.1, 0.15) is 36.3 Å². The molecule has 3 heterocycles. The molecule has 0 radical (unpaired) electrons. The zero-order chi connectivity index (χ0) is 17.9. The van der Waals surface area contributed by atoms with Gasteiger partial charge in [-0.3, -0.25) is 4.90 Å². The van der Waals surface area contributed by atoms with E-state index >= 15 is 0 Å². The molecule has 1 aliphatic heterocycles. The van der Waals surface area contributed by atoms with Gasteiger partial charge in [0.25, 0.3) is 0 Å². The number of hydrogen-bond donors (Lipinski definition) is 1. The van der Waals surface area contributed by atoms with Crippen molar-refractivity contribution in [2.24, 2.45) is 0 Å². The van der Waals surface area contributed by atoms with Gasteiger partial charge in [-0.25, -0.2) is 19.3 Å². The Hall–Kier alpha value is -2.60. The molecule has 0 saturated heterocycles. The smallest absolute Gasteiger partial charge is 0.128 e. The number of aromatic nitrogens is 4. The third-order valence-corrected chi connectivity index (χ3v) is 4.69. The molecule has 0 aliphatic carbocycles. The molecule has 6 heteroatoms. The molecular formula is C20H22FN5. The van der Waals surface area contributed by atoms with Gasteiger partial charge in [-0.15, -0.1) is 0 Å². The Kier molecular flexibility index (Phi) is 4.75. The van der Waals surface area contributed by atoms with Crippen LogP contribution in [0.3, 0.4) is 0 Å². The van der Waals surface area contributed by atoms with Gasteiger partial charge in [0.1, 0.15) is 17.5 Å². The van der Waals surface area contributed by atoms with E-state index in [0.717, 1.165) is 61.8 Å². The van der Waals surface area contributed by atoms with E-state index < -0.39 is 0 Å². The highest BCUT2D eigenvalue weighted by Crippen LogP contribution is 2.21. The summed E-state index contributed by atoms with van der Waals surface area (Å²) in [4.78, 5) is 19.4. The molecule has 0 unspecified atom stereocenters. The number of nitrogens with one attached hydrogen (secondary N) is 1. The summed E-state index contributed by atoms with van der Waals surface area (Å²) in [5.74, 6) is 1.63. The van der Waals surface area contributed by atoms with Gasteiger partial charge in [0.05, 0.1) is 18.4 Å². The van der Waals surface area contributed by atoms with E-state index in [-0.39, 0.29) is 5.82 Å². The summed E-state index contributed by atoms with van der Waals surface area (Å²) >= 11 is 0. The SMILES string of the molecule is CCCc1ncc2c(n1)CCN(Cc1ncc(-c3ccc(F)cc3)[nH]1)C2. The third kappa shape index (κ3) is 3.65. The van der Waals surface area contributed by atoms with Crippen LogP contribution in [0.5, 0.6) is 0 Å². The molecule has 5 nitrogen and oxygen atoms in total. The van der Waals surface area contributed by atoms with E-state index in [0.29, 0.717) is 0 Å². The highest BCUT2D eigenvalue weighted by atomic mass is 19.1. The Morgan fingerprint density at radius 3 is 2.81 bits per heavy atom. The predicted molar refractivity (Wildman–Crippen MR) is 97.8 cm³/mol. The van der Waals surface area contributed by atoms with Crippen molar-refractivity contribution >= 4 is 0 Å². The van der Waals surface area contributed by atoms with Crippen molar-refractivity contribution in [1.29, 1.82) is 0 Å². The second kappa shape index (κ2) is 7.33. The number of imidazole rings is 1. The summed E-state index contributed by atoms with van der Waals surface area (Å²) in [7, 11) is 0. The number of hydrogen-bond acceptors (Lipinski definition) is 4. The van der Waals surface area contributed by atoms with Crippen molar-refractivity contribution in [2.45, 2.75) is 39.3 Å². The maximum Gasteiger partial charge on any atom is 0.128 e. The number of H-pyrrole nitrogens is 1. The lowest BCUT2D eigenvalue weighted by Crippen LogP contribution is -2.31. The first-order chi connectivity index (χ1) is 12.7. The van der Waals surface area contributed by atoms with E-state index in [1.807, 2.05) is 6.20 Å². The highest BCUT2D eigenvalue weighted by molar-refractivity contribution is 5.58. The van der Waals surface area contributed by atoms with E-state index in [1.54, 1.807) is 18.3 Å². The van der Waals surface area contributed by atoms with Crippen molar-refractivity contribution in [2.75, 3.05) is 6.54 Å². The highest BCUT2D eigenvalue weighted by Gasteiger charge is 2.19. The normalized spacial score (nSPS) is 14.4. The fraction of sp³-hybridized carbons (Fsp3) is 0.350. The van der Waals surface area contributed by atoms with Gasteiger partial charge >= 0.3 is 0 Å². The van der Waals surface area contributed by atoms with Crippen LogP contribution >= 0.6 is 0 Å². The fourth-order valence-electron chi connectivity index (χ4n) is 3.33. The summed E-state index contributed by atoms with van der Waals surface area (Å²) in [6.45, 7) is 4.70. The van der Waals surface area contributed by atoms with Gasteiger partial charge in [0.15, 0.2) is 0 Å². The summed E-state index contributed by atoms with van der Waals surface area (Å²) in [5, 5.41) is 0. The summed E-state index contributed by atoms with van der Waals surface area (Å²) < 4.78 is 13.1. The first kappa shape index (κ1) is 16.8. The molecule has 0 fully saturated rings. The molecule has 0 atom stereocenters. The lowest BCUT2D eigenvalue weighted by molar-refractivity contribution is 0.237. The van der Waals surface area contributed by atoms with Gasteiger partial charge in [0.2, 0.25) is 0 Å². The summed E-state index contributed by atoms with van der Waals surface area (Å²) in [6, 6.07) is 6.44. The minimum absolute atomic E-state index is 0.232. The molecule has 2 aromatic heterocycles. The van der Waals surface area contributed by atoms with Crippen molar-refractivity contribution in [1.82, 2.24) is 24.8 Å². The Morgan fingerprint density at radius 1 is 1.15 bits per heavy atom. The molecule has 4 rings (SSSR count). The molecule has 3 aromatic rings. The Morgan fingerprint density at radius 2 is 2.00 bits per heavy atom. The van der Waals surface area contributed by atoms with E-state index in [1.165, 1.54) is 23.4 Å². The molecule has 1 aromatic carbocycles. The molecule has 0 spiro atoms. The number of fused-ring (bicyclic) bond motifs is 1.